The van der Waals surface area contributed by atoms with Gasteiger partial charge in [-0.3, -0.25) is 9.59 Å². The number of fused-ring (bicyclic) bond motifs is 1. The van der Waals surface area contributed by atoms with Crippen molar-refractivity contribution < 1.29 is 9.59 Å². The molecule has 5 nitrogen and oxygen atoms in total. The third-order valence-electron chi connectivity index (χ3n) is 5.68. The molecule has 1 heterocycles. The van der Waals surface area contributed by atoms with Gasteiger partial charge >= 0.3 is 0 Å². The van der Waals surface area contributed by atoms with Crippen molar-refractivity contribution in [1.82, 2.24) is 9.80 Å². The molecule has 1 fully saturated rings. The van der Waals surface area contributed by atoms with Gasteiger partial charge in [0.1, 0.15) is 0 Å². The highest BCUT2D eigenvalue weighted by molar-refractivity contribution is 5.93. The number of aryl methyl sites for hydroxylation is 2. The van der Waals surface area contributed by atoms with E-state index in [1.165, 1.54) is 17.5 Å². The lowest BCUT2D eigenvalue weighted by atomic mass is 9.87. The first-order valence-corrected chi connectivity index (χ1v) is 10.2. The van der Waals surface area contributed by atoms with Gasteiger partial charge in [-0.05, 0) is 54.9 Å². The summed E-state index contributed by atoms with van der Waals surface area (Å²) in [5.41, 5.74) is 3.65. The van der Waals surface area contributed by atoms with Crippen LogP contribution in [0.5, 0.6) is 0 Å². The Kier molecular flexibility index (Phi) is 6.20. The van der Waals surface area contributed by atoms with Crippen LogP contribution in [0.25, 0.3) is 0 Å². The van der Waals surface area contributed by atoms with E-state index in [-0.39, 0.29) is 23.7 Å². The lowest BCUT2D eigenvalue weighted by molar-refractivity contribution is -0.136. The Morgan fingerprint density at radius 3 is 2.56 bits per heavy atom. The smallest absolute Gasteiger partial charge is 0.228 e. The van der Waals surface area contributed by atoms with Gasteiger partial charge in [0.2, 0.25) is 11.8 Å². The number of carbonyl (C=O) groups is 2. The first-order valence-electron chi connectivity index (χ1n) is 10.2. The van der Waals surface area contributed by atoms with Crippen LogP contribution in [0.2, 0.25) is 0 Å². The summed E-state index contributed by atoms with van der Waals surface area (Å²) in [5, 5.41) is 3.11. The molecule has 2 aliphatic rings. The van der Waals surface area contributed by atoms with Crippen molar-refractivity contribution in [2.75, 3.05) is 39.0 Å². The van der Waals surface area contributed by atoms with E-state index >= 15 is 0 Å². The molecule has 0 radical (unpaired) electrons. The van der Waals surface area contributed by atoms with Gasteiger partial charge in [0.25, 0.3) is 0 Å². The van der Waals surface area contributed by atoms with Crippen LogP contribution in [0.4, 0.5) is 5.69 Å². The van der Waals surface area contributed by atoms with Crippen LogP contribution in [0.3, 0.4) is 0 Å². The summed E-state index contributed by atoms with van der Waals surface area (Å²) in [6, 6.07) is 6.28. The molecule has 1 aromatic rings. The molecule has 1 aliphatic carbocycles. The zero-order valence-corrected chi connectivity index (χ0v) is 17.1. The van der Waals surface area contributed by atoms with Crippen LogP contribution < -0.4 is 5.32 Å². The maximum atomic E-state index is 13.0. The first-order chi connectivity index (χ1) is 12.8. The fourth-order valence-corrected chi connectivity index (χ4v) is 4.48. The largest absolute Gasteiger partial charge is 0.349 e. The van der Waals surface area contributed by atoms with Gasteiger partial charge in [0.05, 0.1) is 11.8 Å². The highest BCUT2D eigenvalue weighted by atomic mass is 16.2. The minimum atomic E-state index is -0.153. The normalized spacial score (nSPS) is 22.6. The molecule has 5 heteroatoms. The molecule has 148 valence electrons. The van der Waals surface area contributed by atoms with Crippen LogP contribution in [-0.2, 0) is 22.4 Å². The molecular formula is C22H33N3O2. The van der Waals surface area contributed by atoms with E-state index < -0.39 is 0 Å². The second kappa shape index (κ2) is 8.42. The van der Waals surface area contributed by atoms with Gasteiger partial charge in [-0.15, -0.1) is 0 Å². The van der Waals surface area contributed by atoms with E-state index in [0.717, 1.165) is 38.2 Å². The zero-order chi connectivity index (χ0) is 19.6. The fourth-order valence-electron chi connectivity index (χ4n) is 4.48. The van der Waals surface area contributed by atoms with E-state index in [4.69, 9.17) is 0 Å². The van der Waals surface area contributed by atoms with E-state index in [1.807, 2.05) is 6.07 Å². The molecule has 1 N–H and O–H groups in total. The minimum Gasteiger partial charge on any atom is -0.349 e. The average molecular weight is 372 g/mol. The number of hydrogen-bond acceptors (Lipinski definition) is 3. The molecule has 3 rings (SSSR count). The molecule has 1 saturated heterocycles. The Morgan fingerprint density at radius 2 is 1.85 bits per heavy atom. The number of likely N-dealkylation sites (tertiary alicyclic amines) is 1. The van der Waals surface area contributed by atoms with Gasteiger partial charge in [-0.25, -0.2) is 0 Å². The molecule has 0 bridgehead atoms. The van der Waals surface area contributed by atoms with Gasteiger partial charge in [-0.1, -0.05) is 19.9 Å². The number of rotatable bonds is 5. The van der Waals surface area contributed by atoms with Gasteiger partial charge in [0.15, 0.2) is 0 Å². The summed E-state index contributed by atoms with van der Waals surface area (Å²) in [6.45, 7) is 6.75. The van der Waals surface area contributed by atoms with Gasteiger partial charge in [0, 0.05) is 39.4 Å². The molecule has 1 aromatic carbocycles. The lowest BCUT2D eigenvalue weighted by Gasteiger charge is -2.38. The Bertz CT molecular complexity index is 699. The second-order valence-electron chi connectivity index (χ2n) is 8.80. The van der Waals surface area contributed by atoms with Crippen molar-refractivity contribution in [3.8, 4) is 0 Å². The molecule has 0 spiro atoms. The van der Waals surface area contributed by atoms with Crippen molar-refractivity contribution in [2.24, 2.45) is 17.8 Å². The monoisotopic (exact) mass is 371 g/mol. The molecule has 0 saturated carbocycles. The van der Waals surface area contributed by atoms with E-state index in [9.17, 15) is 9.59 Å². The van der Waals surface area contributed by atoms with E-state index in [1.54, 1.807) is 19.0 Å². The third kappa shape index (κ3) is 4.89. The highest BCUT2D eigenvalue weighted by Gasteiger charge is 2.35. The van der Waals surface area contributed by atoms with E-state index in [0.29, 0.717) is 12.3 Å². The number of piperidine rings is 1. The van der Waals surface area contributed by atoms with Crippen LogP contribution in [0.15, 0.2) is 18.2 Å². The Hall–Kier alpha value is -1.88. The number of amides is 2. The summed E-state index contributed by atoms with van der Waals surface area (Å²) in [4.78, 5) is 29.5. The number of anilines is 1. The van der Waals surface area contributed by atoms with Crippen LogP contribution >= 0.6 is 0 Å². The van der Waals surface area contributed by atoms with Crippen molar-refractivity contribution >= 4 is 17.5 Å². The van der Waals surface area contributed by atoms with Crippen molar-refractivity contribution in [1.29, 1.82) is 0 Å². The number of nitrogens with one attached hydrogen (secondary N) is 1. The fraction of sp³-hybridized carbons (Fsp3) is 0.636. The summed E-state index contributed by atoms with van der Waals surface area (Å²) >= 11 is 0. The summed E-state index contributed by atoms with van der Waals surface area (Å²) in [7, 11) is 3.59. The molecular weight excluding hydrogens is 338 g/mol. The number of nitrogens with zero attached hydrogens (tertiary/aromatic N) is 2. The molecule has 2 atom stereocenters. The van der Waals surface area contributed by atoms with Crippen molar-refractivity contribution in [2.45, 2.75) is 39.5 Å². The second-order valence-corrected chi connectivity index (χ2v) is 8.80. The molecule has 0 unspecified atom stereocenters. The van der Waals surface area contributed by atoms with Gasteiger partial charge in [-0.2, -0.15) is 0 Å². The average Bonchev–Trinajstić information content (AvgIpc) is 3.07. The quantitative estimate of drug-likeness (QED) is 0.866. The number of hydrogen-bond donors (Lipinski definition) is 1. The Morgan fingerprint density at radius 1 is 1.15 bits per heavy atom. The van der Waals surface area contributed by atoms with Crippen LogP contribution in [0.1, 0.15) is 37.8 Å². The standard InChI is InChI=1S/C22H33N3O2/c1-15(2)12-25-13-18(10-19(14-25)22(27)24(3)4)21(26)23-20-9-8-16-6-5-7-17(16)11-20/h8-9,11,15,18-19H,5-7,10,12-14H2,1-4H3,(H,23,26)/t18-,19+/m1/s1. The number of carbonyl (C=O) groups excluding carboxylic acids is 2. The lowest BCUT2D eigenvalue weighted by Crippen LogP contribution is -2.49. The topological polar surface area (TPSA) is 52.7 Å². The SMILES string of the molecule is CC(C)CN1C[C@H](C(=O)Nc2ccc3c(c2)CCC3)C[C@H](C(=O)N(C)C)C1. The highest BCUT2D eigenvalue weighted by Crippen LogP contribution is 2.28. The third-order valence-corrected chi connectivity index (χ3v) is 5.68. The molecule has 2 amide bonds. The Balaban J connectivity index is 1.70. The minimum absolute atomic E-state index is 0.0398. The van der Waals surface area contributed by atoms with Crippen molar-refractivity contribution in [3.05, 3.63) is 29.3 Å². The molecule has 27 heavy (non-hydrogen) atoms. The van der Waals surface area contributed by atoms with Crippen LogP contribution in [0, 0.1) is 17.8 Å². The molecule has 1 aliphatic heterocycles. The predicted molar refractivity (Wildman–Crippen MR) is 109 cm³/mol. The Labute approximate surface area is 163 Å². The van der Waals surface area contributed by atoms with Crippen molar-refractivity contribution in [3.63, 3.8) is 0 Å². The zero-order valence-electron chi connectivity index (χ0n) is 17.1. The maximum absolute atomic E-state index is 13.0. The maximum Gasteiger partial charge on any atom is 0.228 e. The number of benzene rings is 1. The van der Waals surface area contributed by atoms with Gasteiger partial charge < -0.3 is 15.1 Å². The summed E-state index contributed by atoms with van der Waals surface area (Å²) in [6.07, 6.45) is 4.07. The van der Waals surface area contributed by atoms with Crippen LogP contribution in [-0.4, -0.2) is 55.3 Å². The summed E-state index contributed by atoms with van der Waals surface area (Å²) < 4.78 is 0. The molecule has 0 aromatic heterocycles. The first kappa shape index (κ1) is 19.9. The summed E-state index contributed by atoms with van der Waals surface area (Å²) in [5.74, 6) is 0.415. The predicted octanol–water partition coefficient (Wildman–Crippen LogP) is 2.80. The van der Waals surface area contributed by atoms with E-state index in [2.05, 4.69) is 36.2 Å².